The molecular weight excluding hydrogens is 280 g/mol. The quantitative estimate of drug-likeness (QED) is 0.766. The van der Waals surface area contributed by atoms with E-state index in [1.165, 1.54) is 12.1 Å². The number of hydrogen-bond donors (Lipinski definition) is 1. The van der Waals surface area contributed by atoms with Crippen molar-refractivity contribution in [3.8, 4) is 11.5 Å². The molecule has 0 fully saturated rings. The van der Waals surface area contributed by atoms with Crippen LogP contribution >= 0.6 is 11.6 Å². The van der Waals surface area contributed by atoms with Gasteiger partial charge in [-0.1, -0.05) is 17.7 Å². The lowest BCUT2D eigenvalue weighted by molar-refractivity contribution is 0.0697. The van der Waals surface area contributed by atoms with Gasteiger partial charge in [0.05, 0.1) is 22.2 Å². The molecule has 0 saturated carbocycles. The fourth-order valence-corrected chi connectivity index (χ4v) is 2.17. The van der Waals surface area contributed by atoms with E-state index in [1.807, 2.05) is 12.1 Å². The molecule has 0 unspecified atom stereocenters. The second-order valence-corrected chi connectivity index (χ2v) is 4.54. The maximum Gasteiger partial charge on any atom is 0.337 e. The van der Waals surface area contributed by atoms with Crippen LogP contribution < -0.4 is 4.74 Å². The molecule has 0 aliphatic heterocycles. The first kappa shape index (κ1) is 12.6. The number of carbonyl (C=O) groups is 1. The first-order valence-electron chi connectivity index (χ1n) is 5.82. The summed E-state index contributed by atoms with van der Waals surface area (Å²) in [5.41, 5.74) is 0.760. The zero-order valence-electron chi connectivity index (χ0n) is 10.2. The van der Waals surface area contributed by atoms with Crippen molar-refractivity contribution < 1.29 is 19.1 Å². The van der Waals surface area contributed by atoms with E-state index >= 15 is 0 Å². The number of rotatable bonds is 3. The first-order valence-corrected chi connectivity index (χ1v) is 6.20. The van der Waals surface area contributed by atoms with Crippen LogP contribution in [0.2, 0.25) is 5.02 Å². The van der Waals surface area contributed by atoms with Crippen molar-refractivity contribution in [2.45, 2.75) is 0 Å². The summed E-state index contributed by atoms with van der Waals surface area (Å²) in [7, 11) is 0. The smallest absolute Gasteiger partial charge is 0.337 e. The van der Waals surface area contributed by atoms with Gasteiger partial charge < -0.3 is 14.3 Å². The fraction of sp³-hybridized carbons (Fsp3) is 0. The van der Waals surface area contributed by atoms with E-state index < -0.39 is 5.97 Å². The van der Waals surface area contributed by atoms with E-state index in [1.54, 1.807) is 24.5 Å². The number of carboxylic acid groups (broad SMARTS) is 1. The number of aromatic carboxylic acids is 1. The number of hydrogen-bond acceptors (Lipinski definition) is 3. The van der Waals surface area contributed by atoms with E-state index in [9.17, 15) is 4.79 Å². The van der Waals surface area contributed by atoms with Crippen LogP contribution in [0.15, 0.2) is 53.1 Å². The SMILES string of the molecule is O=C(O)c1ccc(Oc2cccc3occc23)cc1Cl. The second kappa shape index (κ2) is 4.90. The van der Waals surface area contributed by atoms with Gasteiger partial charge in [-0.2, -0.15) is 0 Å². The van der Waals surface area contributed by atoms with Gasteiger partial charge >= 0.3 is 5.97 Å². The topological polar surface area (TPSA) is 59.7 Å². The van der Waals surface area contributed by atoms with E-state index in [4.69, 9.17) is 25.9 Å². The van der Waals surface area contributed by atoms with Crippen molar-refractivity contribution in [3.05, 3.63) is 59.3 Å². The highest BCUT2D eigenvalue weighted by atomic mass is 35.5. The van der Waals surface area contributed by atoms with Crippen molar-refractivity contribution >= 4 is 28.5 Å². The average molecular weight is 289 g/mol. The largest absolute Gasteiger partial charge is 0.478 e. The number of halogens is 1. The molecule has 20 heavy (non-hydrogen) atoms. The van der Waals surface area contributed by atoms with Gasteiger partial charge in [-0.05, 0) is 30.3 Å². The molecule has 0 aliphatic carbocycles. The Kier molecular flexibility index (Phi) is 3.08. The Morgan fingerprint density at radius 3 is 2.80 bits per heavy atom. The van der Waals surface area contributed by atoms with Crippen LogP contribution in [-0.4, -0.2) is 11.1 Å². The van der Waals surface area contributed by atoms with Crippen LogP contribution in [0, 0.1) is 0 Å². The Morgan fingerprint density at radius 1 is 1.20 bits per heavy atom. The summed E-state index contributed by atoms with van der Waals surface area (Å²) in [6, 6.07) is 11.7. The lowest BCUT2D eigenvalue weighted by atomic mass is 10.2. The molecule has 0 aliphatic rings. The normalized spacial score (nSPS) is 10.7. The molecule has 0 amide bonds. The summed E-state index contributed by atoms with van der Waals surface area (Å²) in [6.07, 6.45) is 1.58. The fourth-order valence-electron chi connectivity index (χ4n) is 1.92. The van der Waals surface area contributed by atoms with Gasteiger partial charge in [0, 0.05) is 6.07 Å². The Labute approximate surface area is 119 Å². The van der Waals surface area contributed by atoms with Crippen molar-refractivity contribution in [2.75, 3.05) is 0 Å². The number of ether oxygens (including phenoxy) is 1. The Bertz CT molecular complexity index is 791. The minimum atomic E-state index is -1.07. The Hall–Kier alpha value is -2.46. The summed E-state index contributed by atoms with van der Waals surface area (Å²) < 4.78 is 11.0. The van der Waals surface area contributed by atoms with E-state index in [0.717, 1.165) is 11.0 Å². The van der Waals surface area contributed by atoms with E-state index in [0.29, 0.717) is 11.5 Å². The molecule has 3 aromatic rings. The third-order valence-electron chi connectivity index (χ3n) is 2.85. The molecular formula is C15H9ClO4. The molecule has 100 valence electrons. The predicted molar refractivity (Wildman–Crippen MR) is 74.7 cm³/mol. The van der Waals surface area contributed by atoms with E-state index in [2.05, 4.69) is 0 Å². The Morgan fingerprint density at radius 2 is 2.05 bits per heavy atom. The molecule has 0 spiro atoms. The number of furan rings is 1. The summed E-state index contributed by atoms with van der Waals surface area (Å²) in [6.45, 7) is 0. The summed E-state index contributed by atoms with van der Waals surface area (Å²) in [5.74, 6) is 0.0163. The highest BCUT2D eigenvalue weighted by Crippen LogP contribution is 2.32. The van der Waals surface area contributed by atoms with Crippen LogP contribution in [-0.2, 0) is 0 Å². The van der Waals surface area contributed by atoms with Gasteiger partial charge in [0.25, 0.3) is 0 Å². The molecule has 1 heterocycles. The van der Waals surface area contributed by atoms with Gasteiger partial charge in [-0.25, -0.2) is 4.79 Å². The number of benzene rings is 2. The van der Waals surface area contributed by atoms with Crippen molar-refractivity contribution in [3.63, 3.8) is 0 Å². The summed E-state index contributed by atoms with van der Waals surface area (Å²) in [5, 5.41) is 9.89. The predicted octanol–water partition coefficient (Wildman–Crippen LogP) is 4.58. The lowest BCUT2D eigenvalue weighted by Gasteiger charge is -2.08. The zero-order chi connectivity index (χ0) is 14.1. The van der Waals surface area contributed by atoms with Gasteiger partial charge in [0.15, 0.2) is 0 Å². The van der Waals surface area contributed by atoms with Crippen molar-refractivity contribution in [1.82, 2.24) is 0 Å². The molecule has 3 rings (SSSR count). The number of fused-ring (bicyclic) bond motifs is 1. The molecule has 1 N–H and O–H groups in total. The minimum Gasteiger partial charge on any atom is -0.478 e. The van der Waals surface area contributed by atoms with Crippen LogP contribution in [0.4, 0.5) is 0 Å². The third-order valence-corrected chi connectivity index (χ3v) is 3.17. The lowest BCUT2D eigenvalue weighted by Crippen LogP contribution is -1.97. The maximum atomic E-state index is 10.9. The Balaban J connectivity index is 1.97. The van der Waals surface area contributed by atoms with Gasteiger partial charge in [0.2, 0.25) is 0 Å². The maximum absolute atomic E-state index is 10.9. The average Bonchev–Trinajstić information content (AvgIpc) is 2.87. The number of carboxylic acids is 1. The van der Waals surface area contributed by atoms with Crippen LogP contribution in [0.3, 0.4) is 0 Å². The molecule has 0 atom stereocenters. The summed E-state index contributed by atoms with van der Waals surface area (Å²) >= 11 is 5.91. The van der Waals surface area contributed by atoms with E-state index in [-0.39, 0.29) is 10.6 Å². The highest BCUT2D eigenvalue weighted by Gasteiger charge is 2.11. The molecule has 0 saturated heterocycles. The monoisotopic (exact) mass is 288 g/mol. The van der Waals surface area contributed by atoms with Crippen LogP contribution in [0.5, 0.6) is 11.5 Å². The molecule has 4 nitrogen and oxygen atoms in total. The molecule has 1 aromatic heterocycles. The van der Waals surface area contributed by atoms with Gasteiger partial charge in [-0.15, -0.1) is 0 Å². The van der Waals surface area contributed by atoms with Gasteiger partial charge in [-0.3, -0.25) is 0 Å². The van der Waals surface area contributed by atoms with Gasteiger partial charge in [0.1, 0.15) is 17.1 Å². The molecule has 0 bridgehead atoms. The molecule has 5 heteroatoms. The molecule has 2 aromatic carbocycles. The van der Waals surface area contributed by atoms with Crippen molar-refractivity contribution in [2.24, 2.45) is 0 Å². The minimum absolute atomic E-state index is 0.0422. The van der Waals surface area contributed by atoms with Crippen LogP contribution in [0.1, 0.15) is 10.4 Å². The second-order valence-electron chi connectivity index (χ2n) is 4.14. The first-order chi connectivity index (χ1) is 9.65. The zero-order valence-corrected chi connectivity index (χ0v) is 10.9. The van der Waals surface area contributed by atoms with Crippen LogP contribution in [0.25, 0.3) is 11.0 Å². The summed E-state index contributed by atoms with van der Waals surface area (Å²) in [4.78, 5) is 10.9. The highest BCUT2D eigenvalue weighted by molar-refractivity contribution is 6.33. The third kappa shape index (κ3) is 2.21. The standard InChI is InChI=1S/C15H9ClO4/c16-12-8-9(4-5-10(12)15(17)18)20-14-3-1-2-13-11(14)6-7-19-13/h1-8H,(H,17,18). The van der Waals surface area contributed by atoms with Crippen molar-refractivity contribution in [1.29, 1.82) is 0 Å². The molecule has 0 radical (unpaired) electrons.